The molecule has 0 radical (unpaired) electrons. The minimum absolute atomic E-state index is 0.0360. The number of H-pyrrole nitrogens is 1. The van der Waals surface area contributed by atoms with Crippen molar-refractivity contribution in [3.05, 3.63) is 24.5 Å². The molecule has 120 valence electrons. The Bertz CT molecular complexity index is 733. The number of carbonyl (C=O) groups excluding carboxylic acids is 1. The van der Waals surface area contributed by atoms with Gasteiger partial charge in [-0.1, -0.05) is 0 Å². The molecule has 0 bridgehead atoms. The lowest BCUT2D eigenvalue weighted by Gasteiger charge is -2.39. The second-order valence-electron chi connectivity index (χ2n) is 5.72. The van der Waals surface area contributed by atoms with Crippen LogP contribution in [-0.2, 0) is 4.79 Å². The van der Waals surface area contributed by atoms with E-state index in [1.54, 1.807) is 6.20 Å². The number of rotatable bonds is 4. The van der Waals surface area contributed by atoms with E-state index in [2.05, 4.69) is 25.3 Å². The summed E-state index contributed by atoms with van der Waals surface area (Å²) in [6.07, 6.45) is 5.48. The molecule has 23 heavy (non-hydrogen) atoms. The lowest BCUT2D eigenvalue weighted by molar-refractivity contribution is -0.126. The SMILES string of the molecule is CN(c1ccnc2[nH]ccc12)N1CCCC(C(=O)NCC#N)C1. The zero-order valence-corrected chi connectivity index (χ0v) is 13.1. The Labute approximate surface area is 134 Å². The molecule has 3 rings (SSSR count). The first-order chi connectivity index (χ1) is 11.2. The third kappa shape index (κ3) is 3.12. The highest BCUT2D eigenvalue weighted by Crippen LogP contribution is 2.27. The van der Waals surface area contributed by atoms with Gasteiger partial charge in [-0.25, -0.2) is 9.99 Å². The molecule has 1 aliphatic heterocycles. The number of fused-ring (bicyclic) bond motifs is 1. The van der Waals surface area contributed by atoms with Crippen molar-refractivity contribution in [3.8, 4) is 6.07 Å². The summed E-state index contributed by atoms with van der Waals surface area (Å²) in [6, 6.07) is 5.94. The molecular formula is C16H20N6O. The maximum Gasteiger partial charge on any atom is 0.225 e. The van der Waals surface area contributed by atoms with Gasteiger partial charge in [0.15, 0.2) is 0 Å². The molecule has 7 heteroatoms. The van der Waals surface area contributed by atoms with E-state index in [4.69, 9.17) is 5.26 Å². The van der Waals surface area contributed by atoms with Crippen LogP contribution >= 0.6 is 0 Å². The molecule has 2 aromatic rings. The Morgan fingerprint density at radius 2 is 2.48 bits per heavy atom. The van der Waals surface area contributed by atoms with Crippen molar-refractivity contribution in [1.29, 1.82) is 5.26 Å². The minimum atomic E-state index is -0.0805. The van der Waals surface area contributed by atoms with Crippen molar-refractivity contribution in [1.82, 2.24) is 20.3 Å². The summed E-state index contributed by atoms with van der Waals surface area (Å²) in [5, 5.41) is 16.6. The smallest absolute Gasteiger partial charge is 0.225 e. The summed E-state index contributed by atoms with van der Waals surface area (Å²) < 4.78 is 0. The predicted octanol–water partition coefficient (Wildman–Crippen LogP) is 1.27. The van der Waals surface area contributed by atoms with Gasteiger partial charge >= 0.3 is 0 Å². The molecule has 1 atom stereocenters. The summed E-state index contributed by atoms with van der Waals surface area (Å²) in [5.41, 5.74) is 1.92. The zero-order chi connectivity index (χ0) is 16.2. The molecule has 3 heterocycles. The number of pyridine rings is 1. The van der Waals surface area contributed by atoms with Crippen LogP contribution in [0.1, 0.15) is 12.8 Å². The van der Waals surface area contributed by atoms with Crippen LogP contribution in [0.2, 0.25) is 0 Å². The van der Waals surface area contributed by atoms with Crippen LogP contribution in [0.5, 0.6) is 0 Å². The third-order valence-corrected chi connectivity index (χ3v) is 4.32. The second kappa shape index (κ2) is 6.67. The van der Waals surface area contributed by atoms with E-state index < -0.39 is 0 Å². The number of piperidine rings is 1. The normalized spacial score (nSPS) is 18.5. The number of anilines is 1. The van der Waals surface area contributed by atoms with Crippen molar-refractivity contribution in [2.75, 3.05) is 31.7 Å². The summed E-state index contributed by atoms with van der Waals surface area (Å²) in [6.45, 7) is 1.63. The molecule has 0 saturated carbocycles. The highest BCUT2D eigenvalue weighted by molar-refractivity contribution is 5.89. The van der Waals surface area contributed by atoms with E-state index >= 15 is 0 Å². The predicted molar refractivity (Wildman–Crippen MR) is 87.4 cm³/mol. The van der Waals surface area contributed by atoms with E-state index in [1.807, 2.05) is 31.4 Å². The maximum absolute atomic E-state index is 12.1. The number of hydrogen-bond acceptors (Lipinski definition) is 5. The average Bonchev–Trinajstić information content (AvgIpc) is 3.07. The summed E-state index contributed by atoms with van der Waals surface area (Å²) in [5.74, 6) is -0.116. The monoisotopic (exact) mass is 312 g/mol. The Kier molecular flexibility index (Phi) is 4.44. The molecule has 0 spiro atoms. The van der Waals surface area contributed by atoms with E-state index in [9.17, 15) is 4.79 Å². The van der Waals surface area contributed by atoms with Crippen LogP contribution in [0.4, 0.5) is 5.69 Å². The van der Waals surface area contributed by atoms with Gasteiger partial charge in [0.1, 0.15) is 12.2 Å². The topological polar surface area (TPSA) is 88.1 Å². The quantitative estimate of drug-likeness (QED) is 0.830. The number of nitriles is 1. The lowest BCUT2D eigenvalue weighted by Crippen LogP contribution is -2.49. The molecule has 1 saturated heterocycles. The summed E-state index contributed by atoms with van der Waals surface area (Å²) >= 11 is 0. The molecule has 0 aromatic carbocycles. The maximum atomic E-state index is 12.1. The van der Waals surface area contributed by atoms with Gasteiger partial charge in [-0.05, 0) is 25.0 Å². The Morgan fingerprint density at radius 1 is 1.61 bits per heavy atom. The van der Waals surface area contributed by atoms with Gasteiger partial charge in [-0.2, -0.15) is 5.26 Å². The van der Waals surface area contributed by atoms with Crippen LogP contribution in [-0.4, -0.2) is 47.6 Å². The van der Waals surface area contributed by atoms with E-state index in [-0.39, 0.29) is 18.4 Å². The summed E-state index contributed by atoms with van der Waals surface area (Å²) in [7, 11) is 2.01. The highest BCUT2D eigenvalue weighted by atomic mass is 16.1. The van der Waals surface area contributed by atoms with Gasteiger partial charge in [-0.3, -0.25) is 4.79 Å². The van der Waals surface area contributed by atoms with Gasteiger partial charge in [0, 0.05) is 37.9 Å². The number of hydrogen-bond donors (Lipinski definition) is 2. The van der Waals surface area contributed by atoms with Crippen LogP contribution < -0.4 is 10.3 Å². The average molecular weight is 312 g/mol. The molecular weight excluding hydrogens is 292 g/mol. The number of nitrogens with one attached hydrogen (secondary N) is 2. The van der Waals surface area contributed by atoms with Crippen LogP contribution in [0.3, 0.4) is 0 Å². The lowest BCUT2D eigenvalue weighted by atomic mass is 9.98. The number of amides is 1. The molecule has 1 unspecified atom stereocenters. The van der Waals surface area contributed by atoms with Crippen LogP contribution in [0.25, 0.3) is 11.0 Å². The molecule has 1 aliphatic rings. The van der Waals surface area contributed by atoms with Gasteiger partial charge in [0.05, 0.1) is 17.7 Å². The fourth-order valence-electron chi connectivity index (χ4n) is 3.10. The zero-order valence-electron chi connectivity index (χ0n) is 13.1. The standard InChI is InChI=1S/C16H20N6O/c1-21(14-5-8-19-15-13(14)4-7-18-15)22-10-2-3-12(11-22)16(23)20-9-6-17/h4-5,7-8,12H,2-3,9-11H2,1H3,(H,18,19)(H,20,23). The van der Waals surface area contributed by atoms with E-state index in [0.717, 1.165) is 36.1 Å². The fraction of sp³-hybridized carbons (Fsp3) is 0.438. The Balaban J connectivity index is 1.74. The number of nitrogens with zero attached hydrogens (tertiary/aromatic N) is 4. The third-order valence-electron chi connectivity index (χ3n) is 4.32. The molecule has 0 aliphatic carbocycles. The molecule has 1 amide bonds. The fourth-order valence-corrected chi connectivity index (χ4v) is 3.10. The first kappa shape index (κ1) is 15.3. The number of carbonyl (C=O) groups is 1. The first-order valence-electron chi connectivity index (χ1n) is 7.76. The molecule has 2 N–H and O–H groups in total. The molecule has 1 fully saturated rings. The minimum Gasteiger partial charge on any atom is -0.346 e. The molecule has 7 nitrogen and oxygen atoms in total. The number of aromatic nitrogens is 2. The second-order valence-corrected chi connectivity index (χ2v) is 5.72. The van der Waals surface area contributed by atoms with Crippen molar-refractivity contribution in [2.45, 2.75) is 12.8 Å². The van der Waals surface area contributed by atoms with Gasteiger partial charge in [0.2, 0.25) is 5.91 Å². The van der Waals surface area contributed by atoms with Crippen LogP contribution in [0, 0.1) is 17.2 Å². The van der Waals surface area contributed by atoms with Gasteiger partial charge in [0.25, 0.3) is 0 Å². The Hall–Kier alpha value is -2.59. The van der Waals surface area contributed by atoms with Crippen LogP contribution in [0.15, 0.2) is 24.5 Å². The van der Waals surface area contributed by atoms with Crippen molar-refractivity contribution < 1.29 is 4.79 Å². The first-order valence-corrected chi connectivity index (χ1v) is 7.76. The van der Waals surface area contributed by atoms with Gasteiger partial charge < -0.3 is 15.3 Å². The molecule has 2 aromatic heterocycles. The van der Waals surface area contributed by atoms with E-state index in [1.165, 1.54) is 0 Å². The number of hydrazine groups is 1. The number of aromatic amines is 1. The van der Waals surface area contributed by atoms with E-state index in [0.29, 0.717) is 6.54 Å². The van der Waals surface area contributed by atoms with Crippen molar-refractivity contribution in [3.63, 3.8) is 0 Å². The van der Waals surface area contributed by atoms with Crippen molar-refractivity contribution >= 4 is 22.6 Å². The van der Waals surface area contributed by atoms with Crippen molar-refractivity contribution in [2.24, 2.45) is 5.92 Å². The van der Waals surface area contributed by atoms with Gasteiger partial charge in [-0.15, -0.1) is 0 Å². The highest BCUT2D eigenvalue weighted by Gasteiger charge is 2.28. The largest absolute Gasteiger partial charge is 0.346 e. The summed E-state index contributed by atoms with van der Waals surface area (Å²) in [4.78, 5) is 19.5. The Morgan fingerprint density at radius 3 is 3.30 bits per heavy atom.